The van der Waals surface area contributed by atoms with Gasteiger partial charge < -0.3 is 14.2 Å². The maximum absolute atomic E-state index is 5.98. The zero-order valence-electron chi connectivity index (χ0n) is 12.0. The number of hydrogen-bond donors (Lipinski definition) is 0. The molecule has 0 aromatic heterocycles. The van der Waals surface area contributed by atoms with Crippen LogP contribution in [-0.2, 0) is 14.2 Å². The van der Waals surface area contributed by atoms with E-state index in [-0.39, 0.29) is 12.2 Å². The third kappa shape index (κ3) is 5.47. The van der Waals surface area contributed by atoms with Gasteiger partial charge in [-0.2, -0.15) is 11.8 Å². The monoisotopic (exact) mass is 276 g/mol. The molecule has 0 aromatic carbocycles. The van der Waals surface area contributed by atoms with E-state index in [9.17, 15) is 0 Å². The molecule has 4 heteroatoms. The molecule has 0 radical (unpaired) electrons. The van der Waals surface area contributed by atoms with Crippen LogP contribution in [0.25, 0.3) is 0 Å². The Kier molecular flexibility index (Phi) is 9.11. The molecule has 0 N–H and O–H groups in total. The standard InChI is InChI=1S/C14H28O3S/c1-4-7-15-10-13-14(17-9-6-3)12(11-18-13)16-8-5-2/h12-14H,4-11H2,1-3H3/t12-,13-,14+/m1/s1. The van der Waals surface area contributed by atoms with Gasteiger partial charge in [-0.1, -0.05) is 20.8 Å². The van der Waals surface area contributed by atoms with Crippen LogP contribution < -0.4 is 0 Å². The van der Waals surface area contributed by atoms with Crippen LogP contribution in [0.1, 0.15) is 40.0 Å². The first kappa shape index (κ1) is 16.3. The molecule has 1 rings (SSSR count). The summed E-state index contributed by atoms with van der Waals surface area (Å²) >= 11 is 1.93. The van der Waals surface area contributed by atoms with Gasteiger partial charge in [-0.3, -0.25) is 0 Å². The van der Waals surface area contributed by atoms with E-state index in [0.29, 0.717) is 5.25 Å². The van der Waals surface area contributed by atoms with Crippen LogP contribution in [0, 0.1) is 0 Å². The summed E-state index contributed by atoms with van der Waals surface area (Å²) in [5.74, 6) is 1.04. The Labute approximate surface area is 116 Å². The van der Waals surface area contributed by atoms with Gasteiger partial charge in [-0.15, -0.1) is 0 Å². The average molecular weight is 276 g/mol. The molecule has 0 saturated carbocycles. The van der Waals surface area contributed by atoms with Crippen LogP contribution in [-0.4, -0.2) is 49.6 Å². The molecule has 108 valence electrons. The summed E-state index contributed by atoms with van der Waals surface area (Å²) < 4.78 is 17.5. The van der Waals surface area contributed by atoms with Crippen LogP contribution in [0.15, 0.2) is 0 Å². The summed E-state index contributed by atoms with van der Waals surface area (Å²) in [4.78, 5) is 0. The molecular weight excluding hydrogens is 248 g/mol. The molecule has 1 fully saturated rings. The van der Waals surface area contributed by atoms with Crippen molar-refractivity contribution in [3.8, 4) is 0 Å². The molecule has 0 unspecified atom stereocenters. The molecular formula is C14H28O3S. The van der Waals surface area contributed by atoms with Crippen molar-refractivity contribution in [1.82, 2.24) is 0 Å². The van der Waals surface area contributed by atoms with Gasteiger partial charge in [0.25, 0.3) is 0 Å². The van der Waals surface area contributed by atoms with E-state index in [1.807, 2.05) is 11.8 Å². The minimum absolute atomic E-state index is 0.207. The molecule has 18 heavy (non-hydrogen) atoms. The van der Waals surface area contributed by atoms with Crippen LogP contribution in [0.4, 0.5) is 0 Å². The number of ether oxygens (including phenoxy) is 3. The van der Waals surface area contributed by atoms with Gasteiger partial charge in [0.2, 0.25) is 0 Å². The third-order valence-corrected chi connectivity index (χ3v) is 4.24. The summed E-state index contributed by atoms with van der Waals surface area (Å²) in [6, 6.07) is 0. The highest BCUT2D eigenvalue weighted by Gasteiger charge is 2.38. The summed E-state index contributed by atoms with van der Waals surface area (Å²) in [5.41, 5.74) is 0. The molecule has 1 heterocycles. The van der Waals surface area contributed by atoms with Crippen molar-refractivity contribution >= 4 is 11.8 Å². The summed E-state index contributed by atoms with van der Waals surface area (Å²) in [6.45, 7) is 9.72. The lowest BCUT2D eigenvalue weighted by Crippen LogP contribution is -2.37. The van der Waals surface area contributed by atoms with Gasteiger partial charge in [-0.05, 0) is 19.3 Å². The van der Waals surface area contributed by atoms with Crippen molar-refractivity contribution in [1.29, 1.82) is 0 Å². The third-order valence-electron chi connectivity index (χ3n) is 2.89. The topological polar surface area (TPSA) is 27.7 Å². The lowest BCUT2D eigenvalue weighted by Gasteiger charge is -2.24. The lowest BCUT2D eigenvalue weighted by molar-refractivity contribution is -0.0641. The second-order valence-electron chi connectivity index (χ2n) is 4.69. The largest absolute Gasteiger partial charge is 0.380 e. The number of thioether (sulfide) groups is 1. The predicted octanol–water partition coefficient (Wildman–Crippen LogP) is 3.12. The van der Waals surface area contributed by atoms with Crippen LogP contribution in [0.3, 0.4) is 0 Å². The minimum Gasteiger partial charge on any atom is -0.380 e. The zero-order chi connectivity index (χ0) is 13.2. The first-order chi connectivity index (χ1) is 8.83. The minimum atomic E-state index is 0.207. The SMILES string of the molecule is CCCOC[C@H]1SC[C@@H](OCCC)[C@@H]1OCCC. The lowest BCUT2D eigenvalue weighted by atomic mass is 10.1. The number of hydrogen-bond acceptors (Lipinski definition) is 4. The second-order valence-corrected chi connectivity index (χ2v) is 5.96. The predicted molar refractivity (Wildman–Crippen MR) is 77.4 cm³/mol. The Morgan fingerprint density at radius 3 is 2.28 bits per heavy atom. The molecule has 0 aromatic rings. The van der Waals surface area contributed by atoms with Crippen LogP contribution in [0.5, 0.6) is 0 Å². The molecule has 1 saturated heterocycles. The van der Waals surface area contributed by atoms with Crippen molar-refractivity contribution in [3.05, 3.63) is 0 Å². The fraction of sp³-hybridized carbons (Fsp3) is 1.00. The van der Waals surface area contributed by atoms with Crippen molar-refractivity contribution in [3.63, 3.8) is 0 Å². The fourth-order valence-corrected chi connectivity index (χ4v) is 3.37. The van der Waals surface area contributed by atoms with Gasteiger partial charge in [-0.25, -0.2) is 0 Å². The maximum Gasteiger partial charge on any atom is 0.0985 e. The first-order valence-electron chi connectivity index (χ1n) is 7.25. The first-order valence-corrected chi connectivity index (χ1v) is 8.30. The molecule has 1 aliphatic rings. The molecule has 0 spiro atoms. The van der Waals surface area contributed by atoms with Crippen molar-refractivity contribution in [2.75, 3.05) is 32.2 Å². The van der Waals surface area contributed by atoms with E-state index >= 15 is 0 Å². The molecule has 1 aliphatic heterocycles. The maximum atomic E-state index is 5.98. The van der Waals surface area contributed by atoms with Crippen LogP contribution >= 0.6 is 11.8 Å². The summed E-state index contributed by atoms with van der Waals surface area (Å²) in [5, 5.41) is 0.435. The van der Waals surface area contributed by atoms with Crippen molar-refractivity contribution in [2.24, 2.45) is 0 Å². The van der Waals surface area contributed by atoms with Gasteiger partial charge in [0.1, 0.15) is 0 Å². The Bertz CT molecular complexity index is 201. The highest BCUT2D eigenvalue weighted by molar-refractivity contribution is 8.00. The highest BCUT2D eigenvalue weighted by atomic mass is 32.2. The molecule has 3 nitrogen and oxygen atoms in total. The van der Waals surface area contributed by atoms with Crippen LogP contribution in [0.2, 0.25) is 0 Å². The quantitative estimate of drug-likeness (QED) is 0.573. The van der Waals surface area contributed by atoms with E-state index in [1.54, 1.807) is 0 Å². The molecule has 0 bridgehead atoms. The van der Waals surface area contributed by atoms with Crippen molar-refractivity contribution in [2.45, 2.75) is 57.5 Å². The average Bonchev–Trinajstić information content (AvgIpc) is 2.76. The summed E-state index contributed by atoms with van der Waals surface area (Å²) in [7, 11) is 0. The van der Waals surface area contributed by atoms with Gasteiger partial charge in [0.15, 0.2) is 0 Å². The molecule has 0 amide bonds. The summed E-state index contributed by atoms with van der Waals surface area (Å²) in [6.07, 6.45) is 3.66. The Morgan fingerprint density at radius 2 is 1.61 bits per heavy atom. The van der Waals surface area contributed by atoms with Gasteiger partial charge in [0, 0.05) is 25.6 Å². The van der Waals surface area contributed by atoms with E-state index in [4.69, 9.17) is 14.2 Å². The molecule has 0 aliphatic carbocycles. The Hall–Kier alpha value is 0.230. The smallest absolute Gasteiger partial charge is 0.0985 e. The Balaban J connectivity index is 2.39. The van der Waals surface area contributed by atoms with E-state index < -0.39 is 0 Å². The van der Waals surface area contributed by atoms with Gasteiger partial charge >= 0.3 is 0 Å². The van der Waals surface area contributed by atoms with E-state index in [2.05, 4.69) is 20.8 Å². The van der Waals surface area contributed by atoms with Crippen molar-refractivity contribution < 1.29 is 14.2 Å². The zero-order valence-corrected chi connectivity index (χ0v) is 12.8. The van der Waals surface area contributed by atoms with E-state index in [1.165, 1.54) is 0 Å². The molecule has 3 atom stereocenters. The highest BCUT2D eigenvalue weighted by Crippen LogP contribution is 2.32. The Morgan fingerprint density at radius 1 is 0.944 bits per heavy atom. The van der Waals surface area contributed by atoms with E-state index in [0.717, 1.165) is 51.4 Å². The second kappa shape index (κ2) is 10.1. The number of rotatable bonds is 10. The fourth-order valence-electron chi connectivity index (χ4n) is 2.02. The van der Waals surface area contributed by atoms with Gasteiger partial charge in [0.05, 0.1) is 24.1 Å². The normalized spacial score (nSPS) is 27.8.